The van der Waals surface area contributed by atoms with Gasteiger partial charge in [0.15, 0.2) is 9.84 Å². The fourth-order valence-corrected chi connectivity index (χ4v) is 5.45. The number of hydrogen-bond donors (Lipinski definition) is 3. The molecule has 1 amide bonds. The molecule has 1 aliphatic rings. The van der Waals surface area contributed by atoms with Gasteiger partial charge in [-0.05, 0) is 54.8 Å². The maximum atomic E-state index is 13.7. The lowest BCUT2D eigenvalue weighted by Gasteiger charge is -2.25. The molecular weight excluding hydrogens is 464 g/mol. The molecule has 3 N–H and O–H groups in total. The maximum Gasteiger partial charge on any atom is 0.234 e. The van der Waals surface area contributed by atoms with Gasteiger partial charge in [0.25, 0.3) is 0 Å². The summed E-state index contributed by atoms with van der Waals surface area (Å²) < 4.78 is 52.1. The number of benzene rings is 2. The number of nitrogens with one attached hydrogen (secondary N) is 2. The van der Waals surface area contributed by atoms with Crippen LogP contribution >= 0.6 is 0 Å². The van der Waals surface area contributed by atoms with Crippen LogP contribution in [0.4, 0.5) is 8.78 Å². The topological polar surface area (TPSA) is 108 Å². The number of aryl methyl sites for hydroxylation is 1. The first-order valence-electron chi connectivity index (χ1n) is 11.0. The van der Waals surface area contributed by atoms with E-state index in [0.29, 0.717) is 11.3 Å². The van der Waals surface area contributed by atoms with E-state index >= 15 is 0 Å². The third-order valence-corrected chi connectivity index (χ3v) is 7.08. The number of sulfone groups is 1. The summed E-state index contributed by atoms with van der Waals surface area (Å²) in [4.78, 5) is 16.6. The molecule has 184 valence electrons. The van der Waals surface area contributed by atoms with Crippen molar-refractivity contribution in [1.82, 2.24) is 10.6 Å². The number of hydrogen-bond acceptors (Lipinski definition) is 6. The van der Waals surface area contributed by atoms with Crippen LogP contribution in [0.2, 0.25) is 0 Å². The molecule has 34 heavy (non-hydrogen) atoms. The van der Waals surface area contributed by atoms with Gasteiger partial charge in [-0.25, -0.2) is 17.2 Å². The number of likely N-dealkylation sites (N-methyl/N-ethyl adjacent to an activating group) is 1. The van der Waals surface area contributed by atoms with Crippen molar-refractivity contribution in [2.75, 3.05) is 25.9 Å². The highest BCUT2D eigenvalue weighted by Gasteiger charge is 2.28. The SMILES string of the molecule is CCc1ccc2c(c1)C(=NCC(O)C(Cc1cc(F)cc(F)c1)NC(=O)CNC)CS(=O)(=O)C2. The zero-order valence-corrected chi connectivity index (χ0v) is 20.0. The summed E-state index contributed by atoms with van der Waals surface area (Å²) in [6.45, 7) is 1.79. The molecule has 0 fully saturated rings. The largest absolute Gasteiger partial charge is 0.389 e. The van der Waals surface area contributed by atoms with E-state index in [1.54, 1.807) is 13.1 Å². The van der Waals surface area contributed by atoms with E-state index in [9.17, 15) is 27.1 Å². The average molecular weight is 494 g/mol. The molecule has 0 aromatic heterocycles. The highest BCUT2D eigenvalue weighted by Crippen LogP contribution is 2.23. The first-order chi connectivity index (χ1) is 16.1. The van der Waals surface area contributed by atoms with Gasteiger partial charge in [-0.3, -0.25) is 9.79 Å². The average Bonchev–Trinajstić information content (AvgIpc) is 2.75. The number of fused-ring (bicyclic) bond motifs is 1. The summed E-state index contributed by atoms with van der Waals surface area (Å²) in [5.74, 6) is -2.25. The molecule has 1 heterocycles. The van der Waals surface area contributed by atoms with Gasteiger partial charge in [0.1, 0.15) is 11.6 Å². The second-order valence-electron chi connectivity index (χ2n) is 8.42. The molecule has 3 rings (SSSR count). The molecular formula is C24H29F2N3O4S. The third-order valence-electron chi connectivity index (χ3n) is 5.62. The summed E-state index contributed by atoms with van der Waals surface area (Å²) in [6, 6.07) is 7.70. The number of rotatable bonds is 9. The Morgan fingerprint density at radius 1 is 1.12 bits per heavy atom. The Morgan fingerprint density at radius 3 is 2.47 bits per heavy atom. The zero-order valence-electron chi connectivity index (χ0n) is 19.1. The van der Waals surface area contributed by atoms with Crippen LogP contribution in [-0.4, -0.2) is 63.2 Å². The molecule has 0 spiro atoms. The number of aliphatic imine (C=N–C) groups is 1. The van der Waals surface area contributed by atoms with Gasteiger partial charge in [0, 0.05) is 11.6 Å². The second kappa shape index (κ2) is 11.2. The quantitative estimate of drug-likeness (QED) is 0.491. The molecule has 2 atom stereocenters. The molecule has 0 saturated heterocycles. The van der Waals surface area contributed by atoms with Crippen LogP contribution in [0.5, 0.6) is 0 Å². The number of carbonyl (C=O) groups is 1. The van der Waals surface area contributed by atoms with Gasteiger partial charge in [0.2, 0.25) is 5.91 Å². The molecule has 0 bridgehead atoms. The smallest absolute Gasteiger partial charge is 0.234 e. The van der Waals surface area contributed by atoms with Crippen molar-refractivity contribution in [3.63, 3.8) is 0 Å². The lowest BCUT2D eigenvalue weighted by molar-refractivity contribution is -0.121. The second-order valence-corrected chi connectivity index (χ2v) is 10.5. The molecule has 7 nitrogen and oxygen atoms in total. The molecule has 1 aliphatic heterocycles. The van der Waals surface area contributed by atoms with Crippen molar-refractivity contribution in [2.45, 2.75) is 37.7 Å². The van der Waals surface area contributed by atoms with Gasteiger partial charge in [0.05, 0.1) is 42.5 Å². The monoisotopic (exact) mass is 493 g/mol. The summed E-state index contributed by atoms with van der Waals surface area (Å²) >= 11 is 0. The van der Waals surface area contributed by atoms with Crippen LogP contribution in [-0.2, 0) is 33.2 Å². The molecule has 2 aromatic rings. The van der Waals surface area contributed by atoms with E-state index in [4.69, 9.17) is 0 Å². The minimum atomic E-state index is -3.39. The fourth-order valence-electron chi connectivity index (χ4n) is 3.96. The van der Waals surface area contributed by atoms with E-state index in [2.05, 4.69) is 15.6 Å². The van der Waals surface area contributed by atoms with E-state index in [-0.39, 0.29) is 36.6 Å². The van der Waals surface area contributed by atoms with E-state index < -0.39 is 39.5 Å². The van der Waals surface area contributed by atoms with Gasteiger partial charge >= 0.3 is 0 Å². The third kappa shape index (κ3) is 6.91. The van der Waals surface area contributed by atoms with Crippen molar-refractivity contribution < 1.29 is 27.1 Å². The van der Waals surface area contributed by atoms with Crippen LogP contribution in [0.25, 0.3) is 0 Å². The lowest BCUT2D eigenvalue weighted by Crippen LogP contribution is -2.48. The minimum Gasteiger partial charge on any atom is -0.389 e. The van der Waals surface area contributed by atoms with Crippen molar-refractivity contribution in [1.29, 1.82) is 0 Å². The van der Waals surface area contributed by atoms with E-state index in [0.717, 1.165) is 35.7 Å². The van der Waals surface area contributed by atoms with E-state index in [1.165, 1.54) is 0 Å². The number of halogens is 2. The van der Waals surface area contributed by atoms with E-state index in [1.807, 2.05) is 19.1 Å². The Hall–Kier alpha value is -2.69. The number of amides is 1. The van der Waals surface area contributed by atoms with Crippen molar-refractivity contribution in [3.8, 4) is 0 Å². The van der Waals surface area contributed by atoms with Crippen LogP contribution in [0.3, 0.4) is 0 Å². The van der Waals surface area contributed by atoms with Crippen LogP contribution in [0, 0.1) is 11.6 Å². The van der Waals surface area contributed by atoms with Gasteiger partial charge in [-0.1, -0.05) is 19.1 Å². The highest BCUT2D eigenvalue weighted by atomic mass is 32.2. The lowest BCUT2D eigenvalue weighted by atomic mass is 9.99. The Morgan fingerprint density at radius 2 is 1.82 bits per heavy atom. The number of aliphatic hydroxyl groups excluding tert-OH is 1. The van der Waals surface area contributed by atoms with Crippen LogP contribution in [0.15, 0.2) is 41.4 Å². The number of carbonyl (C=O) groups excluding carboxylic acids is 1. The predicted molar refractivity (Wildman–Crippen MR) is 127 cm³/mol. The van der Waals surface area contributed by atoms with Crippen LogP contribution in [0.1, 0.15) is 29.2 Å². The molecule has 2 unspecified atom stereocenters. The van der Waals surface area contributed by atoms with Crippen molar-refractivity contribution >= 4 is 21.5 Å². The molecule has 0 saturated carbocycles. The maximum absolute atomic E-state index is 13.7. The molecule has 0 aliphatic carbocycles. The number of aliphatic hydroxyl groups is 1. The zero-order chi connectivity index (χ0) is 24.9. The summed E-state index contributed by atoms with van der Waals surface area (Å²) in [6.07, 6.45) is -0.480. The van der Waals surface area contributed by atoms with Crippen LogP contribution < -0.4 is 10.6 Å². The summed E-state index contributed by atoms with van der Waals surface area (Å²) in [5, 5.41) is 16.2. The Bertz CT molecular complexity index is 1160. The van der Waals surface area contributed by atoms with Crippen molar-refractivity contribution in [2.24, 2.45) is 4.99 Å². The van der Waals surface area contributed by atoms with Gasteiger partial charge in [-0.15, -0.1) is 0 Å². The number of nitrogens with zero attached hydrogens (tertiary/aromatic N) is 1. The fraction of sp³-hybridized carbons (Fsp3) is 0.417. The summed E-state index contributed by atoms with van der Waals surface area (Å²) in [5.41, 5.74) is 3.05. The highest BCUT2D eigenvalue weighted by molar-refractivity contribution is 7.91. The molecule has 2 aromatic carbocycles. The predicted octanol–water partition coefficient (Wildman–Crippen LogP) is 1.55. The minimum absolute atomic E-state index is 0.0132. The first-order valence-corrected chi connectivity index (χ1v) is 12.8. The summed E-state index contributed by atoms with van der Waals surface area (Å²) in [7, 11) is -1.80. The Balaban J connectivity index is 1.86. The molecule has 10 heteroatoms. The normalized spacial score (nSPS) is 17.7. The molecule has 0 radical (unpaired) electrons. The first kappa shape index (κ1) is 25.9. The standard InChI is InChI=1S/C24H29F2N3O4S/c1-3-15-4-5-17-13-34(32,33)14-22(20(17)8-15)28-11-23(30)21(29-24(31)12-27-2)9-16-6-18(25)10-19(26)7-16/h4-8,10,21,23,27,30H,3,9,11-14H2,1-2H3,(H,29,31). The Kier molecular flexibility index (Phi) is 8.51. The van der Waals surface area contributed by atoms with Gasteiger partial charge < -0.3 is 15.7 Å². The van der Waals surface area contributed by atoms with Gasteiger partial charge in [-0.2, -0.15) is 0 Å². The Labute approximate surface area is 198 Å². The van der Waals surface area contributed by atoms with Crippen molar-refractivity contribution in [3.05, 3.63) is 70.3 Å².